The third-order valence-corrected chi connectivity index (χ3v) is 4.77. The van der Waals surface area contributed by atoms with Crippen LogP contribution in [0.5, 0.6) is 0 Å². The van der Waals surface area contributed by atoms with Crippen LogP contribution in [0.25, 0.3) is 17.1 Å². The third kappa shape index (κ3) is 3.55. The number of benzene rings is 2. The van der Waals surface area contributed by atoms with Crippen LogP contribution in [0.4, 0.5) is 11.4 Å². The van der Waals surface area contributed by atoms with Gasteiger partial charge in [0.05, 0.1) is 11.4 Å². The zero-order chi connectivity index (χ0) is 21.3. The Morgan fingerprint density at radius 3 is 2.33 bits per heavy atom. The fourth-order valence-corrected chi connectivity index (χ4v) is 3.28. The van der Waals surface area contributed by atoms with Crippen LogP contribution in [-0.2, 0) is 0 Å². The first-order valence-corrected chi connectivity index (χ1v) is 9.44. The van der Waals surface area contributed by atoms with Crippen LogP contribution in [0.15, 0.2) is 69.6 Å². The van der Waals surface area contributed by atoms with Gasteiger partial charge >= 0.3 is 0 Å². The molecule has 0 saturated heterocycles. The Morgan fingerprint density at radius 1 is 1.03 bits per heavy atom. The molecular weight excluding hydrogens is 402 g/mol. The van der Waals surface area contributed by atoms with Crippen LogP contribution in [0.2, 0.25) is 0 Å². The van der Waals surface area contributed by atoms with Gasteiger partial charge in [0.2, 0.25) is 10.7 Å². The topological polar surface area (TPSA) is 113 Å². The molecule has 0 spiro atoms. The molecule has 9 nitrogen and oxygen atoms in total. The Bertz CT molecular complexity index is 1360. The van der Waals surface area contributed by atoms with Crippen LogP contribution < -0.4 is 5.56 Å². The number of aryl methyl sites for hydroxylation is 1. The monoisotopic (exact) mass is 419 g/mol. The summed E-state index contributed by atoms with van der Waals surface area (Å²) in [6, 6.07) is 16.6. The average molecular weight is 419 g/mol. The van der Waals surface area contributed by atoms with Gasteiger partial charge in [-0.15, -0.1) is 10.2 Å². The van der Waals surface area contributed by atoms with Crippen molar-refractivity contribution in [3.63, 3.8) is 0 Å². The van der Waals surface area contributed by atoms with E-state index >= 15 is 0 Å². The normalized spacial score (nSPS) is 11.3. The highest BCUT2D eigenvalue weighted by molar-refractivity contribution is 7.71. The van der Waals surface area contributed by atoms with Crippen molar-refractivity contribution >= 4 is 29.5 Å². The van der Waals surface area contributed by atoms with E-state index in [1.807, 2.05) is 42.5 Å². The second-order valence-electron chi connectivity index (χ2n) is 6.51. The van der Waals surface area contributed by atoms with Crippen molar-refractivity contribution < 1.29 is 4.79 Å². The van der Waals surface area contributed by atoms with Crippen molar-refractivity contribution in [3.05, 3.63) is 75.4 Å². The molecule has 4 aromatic rings. The quantitative estimate of drug-likeness (QED) is 0.375. The number of aromatic amines is 2. The van der Waals surface area contributed by atoms with Gasteiger partial charge in [0.15, 0.2) is 11.5 Å². The molecule has 2 N–H and O–H groups in total. The van der Waals surface area contributed by atoms with Crippen molar-refractivity contribution in [2.45, 2.75) is 13.8 Å². The number of hydrogen-bond donors (Lipinski definition) is 2. The first-order chi connectivity index (χ1) is 14.5. The summed E-state index contributed by atoms with van der Waals surface area (Å²) < 4.78 is 3.23. The molecule has 150 valence electrons. The van der Waals surface area contributed by atoms with Crippen LogP contribution in [0.3, 0.4) is 0 Å². The van der Waals surface area contributed by atoms with Gasteiger partial charge < -0.3 is 5.10 Å². The van der Waals surface area contributed by atoms with E-state index in [4.69, 9.17) is 12.2 Å². The summed E-state index contributed by atoms with van der Waals surface area (Å²) in [6.45, 7) is 3.14. The van der Waals surface area contributed by atoms with Crippen molar-refractivity contribution in [3.8, 4) is 17.1 Å². The summed E-state index contributed by atoms with van der Waals surface area (Å²) >= 11 is 5.48. The van der Waals surface area contributed by atoms with Gasteiger partial charge in [-0.05, 0) is 55.5 Å². The molecule has 0 unspecified atom stereocenters. The minimum absolute atomic E-state index is 0.233. The Morgan fingerprint density at radius 2 is 1.73 bits per heavy atom. The number of aromatic nitrogens is 5. The van der Waals surface area contributed by atoms with Gasteiger partial charge in [-0.1, -0.05) is 18.2 Å². The first kappa shape index (κ1) is 19.4. The first-order valence-electron chi connectivity index (χ1n) is 9.03. The van der Waals surface area contributed by atoms with Gasteiger partial charge in [-0.2, -0.15) is 9.80 Å². The fraction of sp³-hybridized carbons (Fsp3) is 0.100. The zero-order valence-electron chi connectivity index (χ0n) is 16.2. The Labute approximate surface area is 175 Å². The average Bonchev–Trinajstić information content (AvgIpc) is 3.26. The lowest BCUT2D eigenvalue weighted by molar-refractivity contribution is 0.0919. The zero-order valence-corrected chi connectivity index (χ0v) is 17.0. The molecule has 0 aliphatic carbocycles. The molecule has 30 heavy (non-hydrogen) atoms. The molecule has 2 aromatic carbocycles. The van der Waals surface area contributed by atoms with Gasteiger partial charge in [0.1, 0.15) is 0 Å². The third-order valence-electron chi connectivity index (χ3n) is 4.42. The summed E-state index contributed by atoms with van der Waals surface area (Å²) in [5, 5.41) is 17.7. The van der Waals surface area contributed by atoms with Gasteiger partial charge in [0.25, 0.3) is 5.56 Å². The van der Waals surface area contributed by atoms with Crippen LogP contribution in [0, 0.1) is 11.7 Å². The Kier molecular flexibility index (Phi) is 5.07. The number of carbonyl (C=O) groups is 1. The van der Waals surface area contributed by atoms with Crippen molar-refractivity contribution in [1.29, 1.82) is 0 Å². The lowest BCUT2D eigenvalue weighted by Crippen LogP contribution is -2.08. The fourth-order valence-electron chi connectivity index (χ4n) is 2.91. The van der Waals surface area contributed by atoms with E-state index in [-0.39, 0.29) is 21.9 Å². The van der Waals surface area contributed by atoms with Gasteiger partial charge in [-0.25, -0.2) is 0 Å². The largest absolute Gasteiger partial charge is 0.300 e. The van der Waals surface area contributed by atoms with E-state index in [9.17, 15) is 9.59 Å². The maximum Gasteiger partial charge on any atom is 0.291 e. The molecule has 0 radical (unpaired) electrons. The molecule has 0 amide bonds. The molecule has 2 heterocycles. The van der Waals surface area contributed by atoms with Gasteiger partial charge in [0, 0.05) is 18.2 Å². The second kappa shape index (κ2) is 7.84. The van der Waals surface area contributed by atoms with E-state index in [1.54, 1.807) is 23.6 Å². The highest BCUT2D eigenvalue weighted by Gasteiger charge is 2.16. The van der Waals surface area contributed by atoms with Crippen LogP contribution >= 0.6 is 12.2 Å². The van der Waals surface area contributed by atoms with E-state index < -0.39 is 0 Å². The number of hydrogen-bond acceptors (Lipinski definition) is 6. The number of nitrogens with one attached hydrogen (secondary N) is 2. The predicted molar refractivity (Wildman–Crippen MR) is 114 cm³/mol. The minimum atomic E-state index is -0.329. The summed E-state index contributed by atoms with van der Waals surface area (Å²) in [6.07, 6.45) is 0. The molecule has 0 atom stereocenters. The smallest absolute Gasteiger partial charge is 0.291 e. The lowest BCUT2D eigenvalue weighted by Gasteiger charge is -2.06. The van der Waals surface area contributed by atoms with Crippen molar-refractivity contribution in [2.24, 2.45) is 10.2 Å². The van der Waals surface area contributed by atoms with Crippen LogP contribution in [0.1, 0.15) is 17.4 Å². The summed E-state index contributed by atoms with van der Waals surface area (Å²) in [7, 11) is 0. The molecule has 0 fully saturated rings. The van der Waals surface area contributed by atoms with E-state index in [1.165, 1.54) is 11.6 Å². The maximum atomic E-state index is 12.0. The van der Waals surface area contributed by atoms with E-state index in [0.717, 1.165) is 11.3 Å². The van der Waals surface area contributed by atoms with Crippen LogP contribution in [-0.4, -0.2) is 30.5 Å². The summed E-state index contributed by atoms with van der Waals surface area (Å²) in [5.74, 6) is 0.260. The maximum absolute atomic E-state index is 12.0. The molecular formula is C20H17N7O2S. The predicted octanol–water partition coefficient (Wildman–Crippen LogP) is 4.47. The summed E-state index contributed by atoms with van der Waals surface area (Å²) in [5.41, 5.74) is 2.63. The Hall–Kier alpha value is -3.92. The highest BCUT2D eigenvalue weighted by atomic mass is 32.1. The number of nitrogens with zero attached hydrogens (tertiary/aromatic N) is 5. The molecule has 0 aliphatic rings. The number of para-hydroxylation sites is 1. The van der Waals surface area contributed by atoms with E-state index in [2.05, 4.69) is 25.5 Å². The number of carbonyl (C=O) groups excluding carboxylic acids is 1. The second-order valence-corrected chi connectivity index (χ2v) is 6.87. The highest BCUT2D eigenvalue weighted by Crippen LogP contribution is 2.26. The minimum Gasteiger partial charge on any atom is -0.300 e. The summed E-state index contributed by atoms with van der Waals surface area (Å²) in [4.78, 5) is 23.6. The molecule has 2 aromatic heterocycles. The van der Waals surface area contributed by atoms with Gasteiger partial charge in [-0.3, -0.25) is 19.3 Å². The van der Waals surface area contributed by atoms with Crippen molar-refractivity contribution in [2.75, 3.05) is 0 Å². The van der Waals surface area contributed by atoms with Crippen molar-refractivity contribution in [1.82, 2.24) is 24.5 Å². The number of H-pyrrole nitrogens is 2. The molecule has 0 bridgehead atoms. The van der Waals surface area contributed by atoms with E-state index in [0.29, 0.717) is 17.2 Å². The molecule has 4 rings (SSSR count). The Balaban J connectivity index is 1.74. The molecule has 10 heteroatoms. The lowest BCUT2D eigenvalue weighted by atomic mass is 10.2. The number of rotatable bonds is 4. The molecule has 0 saturated carbocycles. The standard InChI is InChI=1S/C20H17N7O2S/c1-12-17(19(29)24-21-12)23-22-15-10-8-14(9-11-15)18-25-27(13(2)28)20(30)26(18)16-6-4-3-5-7-16/h3-11H,1-2H3,(H2,21,24,29). The number of azo groups is 1. The SMILES string of the molecule is CC(=O)n1nc(-c2ccc(N=Nc3c(C)[nH][nH]c3=O)cc2)n(-c2ccccc2)c1=S. The molecule has 0 aliphatic heterocycles.